The van der Waals surface area contributed by atoms with Gasteiger partial charge in [-0.05, 0) is 36.2 Å². The van der Waals surface area contributed by atoms with Gasteiger partial charge in [0.25, 0.3) is 0 Å². The van der Waals surface area contributed by atoms with Crippen molar-refractivity contribution in [2.45, 2.75) is 26.7 Å². The minimum absolute atomic E-state index is 0.0983. The average molecular weight is 398 g/mol. The summed E-state index contributed by atoms with van der Waals surface area (Å²) in [5.74, 6) is 0.172. The van der Waals surface area contributed by atoms with Crippen LogP contribution in [0.1, 0.15) is 25.3 Å². The van der Waals surface area contributed by atoms with Gasteiger partial charge in [-0.2, -0.15) is 0 Å². The van der Waals surface area contributed by atoms with Gasteiger partial charge in [0, 0.05) is 24.2 Å². The van der Waals surface area contributed by atoms with Gasteiger partial charge in [0.2, 0.25) is 5.91 Å². The number of fused-ring (bicyclic) bond motifs is 1. The number of aromatic nitrogens is 1. The topological polar surface area (TPSA) is 80.3 Å². The van der Waals surface area contributed by atoms with E-state index in [4.69, 9.17) is 4.74 Å². The van der Waals surface area contributed by atoms with Crippen molar-refractivity contribution in [3.8, 4) is 0 Å². The van der Waals surface area contributed by atoms with E-state index in [2.05, 4.69) is 15.6 Å². The summed E-state index contributed by atoms with van der Waals surface area (Å²) in [6.45, 7) is 4.30. The number of carbonyl (C=O) groups excluding carboxylic acids is 2. The maximum atomic E-state index is 12.3. The number of anilines is 2. The summed E-state index contributed by atoms with van der Waals surface area (Å²) in [5.41, 5.74) is 2.15. The Balaban J connectivity index is 1.51. The monoisotopic (exact) mass is 397 g/mol. The van der Waals surface area contributed by atoms with E-state index in [1.807, 2.05) is 38.1 Å². The molecule has 0 bridgehead atoms. The Morgan fingerprint density at radius 1 is 1.07 bits per heavy atom. The molecular weight excluding hydrogens is 374 g/mol. The second-order valence-electron chi connectivity index (χ2n) is 6.82. The highest BCUT2D eigenvalue weighted by Crippen LogP contribution is 2.22. The Labute approximate surface area is 167 Å². The zero-order valence-electron chi connectivity index (χ0n) is 15.9. The van der Waals surface area contributed by atoms with Crippen molar-refractivity contribution in [2.24, 2.45) is 5.92 Å². The predicted molar refractivity (Wildman–Crippen MR) is 113 cm³/mol. The third-order valence-corrected chi connectivity index (χ3v) is 4.94. The number of amides is 2. The maximum Gasteiger partial charge on any atom is 0.411 e. The third kappa shape index (κ3) is 5.79. The summed E-state index contributed by atoms with van der Waals surface area (Å²) in [7, 11) is 0. The molecule has 28 heavy (non-hydrogen) atoms. The lowest BCUT2D eigenvalue weighted by Crippen LogP contribution is -2.17. The first-order chi connectivity index (χ1) is 13.5. The summed E-state index contributed by atoms with van der Waals surface area (Å²) >= 11 is 1.61. The highest BCUT2D eigenvalue weighted by Gasteiger charge is 2.09. The number of hydrogen-bond acceptors (Lipinski definition) is 5. The Kier molecular flexibility index (Phi) is 6.60. The van der Waals surface area contributed by atoms with E-state index in [0.717, 1.165) is 15.2 Å². The highest BCUT2D eigenvalue weighted by atomic mass is 32.1. The van der Waals surface area contributed by atoms with Crippen molar-refractivity contribution < 1.29 is 14.3 Å². The van der Waals surface area contributed by atoms with Crippen molar-refractivity contribution in [1.82, 2.24) is 4.98 Å². The van der Waals surface area contributed by atoms with Gasteiger partial charge in [-0.15, -0.1) is 11.3 Å². The molecule has 1 aromatic heterocycles. The molecule has 2 aromatic carbocycles. The van der Waals surface area contributed by atoms with Gasteiger partial charge < -0.3 is 10.1 Å². The maximum absolute atomic E-state index is 12.3. The fourth-order valence-electron chi connectivity index (χ4n) is 2.54. The molecule has 0 aliphatic heterocycles. The van der Waals surface area contributed by atoms with Gasteiger partial charge in [0.05, 0.1) is 21.8 Å². The summed E-state index contributed by atoms with van der Waals surface area (Å²) in [6, 6.07) is 14.9. The molecule has 0 spiro atoms. The molecule has 0 saturated carbocycles. The Bertz CT molecular complexity index is 935. The van der Waals surface area contributed by atoms with E-state index >= 15 is 0 Å². The van der Waals surface area contributed by atoms with Crippen LogP contribution in [0.15, 0.2) is 48.5 Å². The van der Waals surface area contributed by atoms with Crippen LogP contribution in [0.4, 0.5) is 16.2 Å². The number of ether oxygens (including phenoxy) is 1. The van der Waals surface area contributed by atoms with Crippen LogP contribution in [0.5, 0.6) is 0 Å². The van der Waals surface area contributed by atoms with Gasteiger partial charge in [-0.3, -0.25) is 10.1 Å². The zero-order valence-corrected chi connectivity index (χ0v) is 16.7. The number of aryl methyl sites for hydroxylation is 1. The van der Waals surface area contributed by atoms with Crippen LogP contribution < -0.4 is 10.6 Å². The molecule has 0 saturated heterocycles. The van der Waals surface area contributed by atoms with Crippen LogP contribution in [-0.4, -0.2) is 23.6 Å². The van der Waals surface area contributed by atoms with Crippen LogP contribution >= 0.6 is 11.3 Å². The fourth-order valence-corrected chi connectivity index (χ4v) is 3.51. The quantitative estimate of drug-likeness (QED) is 0.583. The summed E-state index contributed by atoms with van der Waals surface area (Å²) in [6.07, 6.45) is 0.423. The first-order valence-electron chi connectivity index (χ1n) is 9.18. The molecule has 146 valence electrons. The minimum atomic E-state index is -0.506. The van der Waals surface area contributed by atoms with Crippen molar-refractivity contribution in [3.63, 3.8) is 0 Å². The molecule has 3 rings (SSSR count). The standard InChI is InChI=1S/C21H23N3O3S/c1-14(2)13-27-21(26)23-16-7-5-6-15(12-16)22-19(25)10-11-20-24-17-8-3-4-9-18(17)28-20/h3-9,12,14H,10-11,13H2,1-2H3,(H,22,25)(H,23,26). The number of benzene rings is 2. The zero-order chi connectivity index (χ0) is 19.9. The first kappa shape index (κ1) is 19.8. The highest BCUT2D eigenvalue weighted by molar-refractivity contribution is 7.18. The number of hydrogen-bond donors (Lipinski definition) is 2. The molecular formula is C21H23N3O3S. The smallest absolute Gasteiger partial charge is 0.411 e. The normalized spacial score (nSPS) is 10.8. The van der Waals surface area contributed by atoms with Crippen molar-refractivity contribution in [3.05, 3.63) is 53.5 Å². The molecule has 0 aliphatic rings. The van der Waals surface area contributed by atoms with Gasteiger partial charge >= 0.3 is 6.09 Å². The number of carbonyl (C=O) groups is 2. The lowest BCUT2D eigenvalue weighted by molar-refractivity contribution is -0.116. The van der Waals surface area contributed by atoms with E-state index in [-0.39, 0.29) is 11.8 Å². The van der Waals surface area contributed by atoms with Crippen LogP contribution in [0.2, 0.25) is 0 Å². The van der Waals surface area contributed by atoms with Crippen LogP contribution in [-0.2, 0) is 16.0 Å². The second-order valence-corrected chi connectivity index (χ2v) is 7.94. The van der Waals surface area contributed by atoms with Crippen molar-refractivity contribution >= 4 is 44.9 Å². The number of thiazole rings is 1. The Hall–Kier alpha value is -2.93. The third-order valence-electron chi connectivity index (χ3n) is 3.84. The molecule has 2 amide bonds. The Morgan fingerprint density at radius 3 is 2.57 bits per heavy atom. The van der Waals surface area contributed by atoms with Gasteiger partial charge in [0.15, 0.2) is 0 Å². The molecule has 3 aromatic rings. The molecule has 0 aliphatic carbocycles. The van der Waals surface area contributed by atoms with E-state index < -0.39 is 6.09 Å². The largest absolute Gasteiger partial charge is 0.449 e. The molecule has 7 heteroatoms. The molecule has 0 radical (unpaired) electrons. The van der Waals surface area contributed by atoms with E-state index in [0.29, 0.717) is 30.8 Å². The van der Waals surface area contributed by atoms with Crippen LogP contribution in [0.25, 0.3) is 10.2 Å². The fraction of sp³-hybridized carbons (Fsp3) is 0.286. The molecule has 2 N–H and O–H groups in total. The minimum Gasteiger partial charge on any atom is -0.449 e. The second kappa shape index (κ2) is 9.32. The Morgan fingerprint density at radius 2 is 1.82 bits per heavy atom. The van der Waals surface area contributed by atoms with E-state index in [1.165, 1.54) is 0 Å². The molecule has 0 unspecified atom stereocenters. The molecule has 0 fully saturated rings. The van der Waals surface area contributed by atoms with Crippen molar-refractivity contribution in [1.29, 1.82) is 0 Å². The number of nitrogens with zero attached hydrogens (tertiary/aromatic N) is 1. The average Bonchev–Trinajstić information content (AvgIpc) is 3.08. The summed E-state index contributed by atoms with van der Waals surface area (Å²) in [4.78, 5) is 28.6. The van der Waals surface area contributed by atoms with E-state index in [9.17, 15) is 9.59 Å². The van der Waals surface area contributed by atoms with Crippen molar-refractivity contribution in [2.75, 3.05) is 17.2 Å². The predicted octanol–water partition coefficient (Wildman–Crippen LogP) is 5.07. The number of rotatable bonds is 7. The number of para-hydroxylation sites is 1. The summed E-state index contributed by atoms with van der Waals surface area (Å²) < 4.78 is 6.22. The van der Waals surface area contributed by atoms with Gasteiger partial charge in [-0.25, -0.2) is 9.78 Å². The first-order valence-corrected chi connectivity index (χ1v) is 9.99. The lowest BCUT2D eigenvalue weighted by Gasteiger charge is -2.10. The lowest BCUT2D eigenvalue weighted by atomic mass is 10.2. The summed E-state index contributed by atoms with van der Waals surface area (Å²) in [5, 5.41) is 6.46. The van der Waals surface area contributed by atoms with Gasteiger partial charge in [0.1, 0.15) is 0 Å². The molecule has 6 nitrogen and oxygen atoms in total. The number of nitrogens with one attached hydrogen (secondary N) is 2. The van der Waals surface area contributed by atoms with Crippen LogP contribution in [0, 0.1) is 5.92 Å². The van der Waals surface area contributed by atoms with E-state index in [1.54, 1.807) is 35.6 Å². The van der Waals surface area contributed by atoms with Gasteiger partial charge in [-0.1, -0.05) is 32.0 Å². The van der Waals surface area contributed by atoms with Crippen LogP contribution in [0.3, 0.4) is 0 Å². The SMILES string of the molecule is CC(C)COC(=O)Nc1cccc(NC(=O)CCc2nc3ccccc3s2)c1. The molecule has 1 heterocycles. The molecule has 0 atom stereocenters.